The van der Waals surface area contributed by atoms with Crippen molar-refractivity contribution >= 4 is 32.9 Å². The highest BCUT2D eigenvalue weighted by atomic mass is 32.2. The third-order valence-corrected chi connectivity index (χ3v) is 6.45. The van der Waals surface area contributed by atoms with Gasteiger partial charge >= 0.3 is 5.97 Å². The van der Waals surface area contributed by atoms with E-state index in [4.69, 9.17) is 4.74 Å². The van der Waals surface area contributed by atoms with Gasteiger partial charge in [0.25, 0.3) is 5.91 Å². The number of sulfonamides is 1. The van der Waals surface area contributed by atoms with Gasteiger partial charge in [0.05, 0.1) is 22.3 Å². The number of carbonyl (C=O) groups excluding carboxylic acids is 2. The standard InChI is InChI=1S/C20H30N4O5S/c1-13(2)12-21-20(26)14(3)29-19(25)10-9-18-22-16-11-15(30(27,28)23(4)5)7-8-17(16)24(18)6/h7-8,11,13-14H,9-10,12H2,1-6H3,(H,21,26). The first kappa shape index (κ1) is 23.8. The monoisotopic (exact) mass is 438 g/mol. The van der Waals surface area contributed by atoms with Crippen LogP contribution in [-0.2, 0) is 37.8 Å². The Kier molecular flexibility index (Phi) is 7.59. The fraction of sp³-hybridized carbons (Fsp3) is 0.550. The average molecular weight is 439 g/mol. The second-order valence-corrected chi connectivity index (χ2v) is 9.95. The zero-order valence-electron chi connectivity index (χ0n) is 18.3. The van der Waals surface area contributed by atoms with E-state index in [0.717, 1.165) is 9.82 Å². The van der Waals surface area contributed by atoms with Crippen molar-refractivity contribution in [2.24, 2.45) is 13.0 Å². The zero-order valence-corrected chi connectivity index (χ0v) is 19.1. The normalized spacial score (nSPS) is 13.1. The van der Waals surface area contributed by atoms with Gasteiger partial charge in [-0.05, 0) is 31.0 Å². The van der Waals surface area contributed by atoms with Crippen LogP contribution in [0.5, 0.6) is 0 Å². The quantitative estimate of drug-likeness (QED) is 0.594. The zero-order chi connectivity index (χ0) is 22.6. The second-order valence-electron chi connectivity index (χ2n) is 7.80. The summed E-state index contributed by atoms with van der Waals surface area (Å²) in [4.78, 5) is 28.7. The topological polar surface area (TPSA) is 111 Å². The van der Waals surface area contributed by atoms with E-state index >= 15 is 0 Å². The van der Waals surface area contributed by atoms with Crippen LogP contribution in [0.1, 0.15) is 33.0 Å². The van der Waals surface area contributed by atoms with Crippen molar-refractivity contribution in [2.45, 2.75) is 44.6 Å². The molecule has 0 saturated heterocycles. The molecule has 0 aliphatic rings. The highest BCUT2D eigenvalue weighted by Gasteiger charge is 2.21. The molecule has 1 atom stereocenters. The number of nitrogens with one attached hydrogen (secondary N) is 1. The molecule has 0 radical (unpaired) electrons. The highest BCUT2D eigenvalue weighted by Crippen LogP contribution is 2.22. The Morgan fingerprint density at radius 1 is 1.23 bits per heavy atom. The number of ether oxygens (including phenoxy) is 1. The number of esters is 1. The lowest BCUT2D eigenvalue weighted by Gasteiger charge is -2.14. The summed E-state index contributed by atoms with van der Waals surface area (Å²) < 4.78 is 32.8. The molecular formula is C20H30N4O5S. The summed E-state index contributed by atoms with van der Waals surface area (Å²) in [6, 6.07) is 4.75. The van der Waals surface area contributed by atoms with E-state index in [-0.39, 0.29) is 17.2 Å². The Bertz CT molecular complexity index is 1030. The molecule has 30 heavy (non-hydrogen) atoms. The first-order chi connectivity index (χ1) is 13.9. The maximum atomic E-state index is 12.3. The summed E-state index contributed by atoms with van der Waals surface area (Å²) in [5.74, 6) is 0.112. The molecule has 0 aliphatic carbocycles. The predicted molar refractivity (Wildman–Crippen MR) is 113 cm³/mol. The molecule has 1 unspecified atom stereocenters. The second kappa shape index (κ2) is 9.57. The Labute approximate surface area is 177 Å². The lowest BCUT2D eigenvalue weighted by molar-refractivity contribution is -0.154. The average Bonchev–Trinajstić information content (AvgIpc) is 2.99. The van der Waals surface area contributed by atoms with Gasteiger partial charge in [-0.3, -0.25) is 9.59 Å². The number of fused-ring (bicyclic) bond motifs is 1. The van der Waals surface area contributed by atoms with Crippen molar-refractivity contribution in [1.82, 2.24) is 19.2 Å². The Morgan fingerprint density at radius 3 is 2.50 bits per heavy atom. The maximum Gasteiger partial charge on any atom is 0.307 e. The van der Waals surface area contributed by atoms with Gasteiger partial charge in [-0.15, -0.1) is 0 Å². The van der Waals surface area contributed by atoms with Gasteiger partial charge in [0.1, 0.15) is 5.82 Å². The van der Waals surface area contributed by atoms with Crippen LogP contribution in [0.25, 0.3) is 11.0 Å². The first-order valence-corrected chi connectivity index (χ1v) is 11.2. The number of benzene rings is 1. The molecule has 0 aliphatic heterocycles. The summed E-state index contributed by atoms with van der Waals surface area (Å²) in [6.07, 6.45) is -0.502. The summed E-state index contributed by atoms with van der Waals surface area (Å²) in [6.45, 7) is 6.01. The number of aryl methyl sites for hydroxylation is 2. The van der Waals surface area contributed by atoms with Crippen molar-refractivity contribution < 1.29 is 22.7 Å². The number of amides is 1. The Balaban J connectivity index is 2.05. The smallest absolute Gasteiger partial charge is 0.307 e. The van der Waals surface area contributed by atoms with Gasteiger partial charge in [-0.1, -0.05) is 13.8 Å². The largest absolute Gasteiger partial charge is 0.453 e. The van der Waals surface area contributed by atoms with E-state index in [1.54, 1.807) is 13.1 Å². The van der Waals surface area contributed by atoms with Crippen LogP contribution in [0.3, 0.4) is 0 Å². The number of hydrogen-bond acceptors (Lipinski definition) is 6. The van der Waals surface area contributed by atoms with Crippen LogP contribution < -0.4 is 5.32 Å². The van der Waals surface area contributed by atoms with Crippen LogP contribution in [0.4, 0.5) is 0 Å². The van der Waals surface area contributed by atoms with Crippen molar-refractivity contribution in [3.8, 4) is 0 Å². The lowest BCUT2D eigenvalue weighted by atomic mass is 10.2. The number of nitrogens with zero attached hydrogens (tertiary/aromatic N) is 3. The minimum atomic E-state index is -3.56. The molecule has 1 aromatic heterocycles. The molecular weight excluding hydrogens is 408 g/mol. The van der Waals surface area contributed by atoms with Crippen molar-refractivity contribution in [3.05, 3.63) is 24.0 Å². The number of hydrogen-bond donors (Lipinski definition) is 1. The molecule has 1 aromatic carbocycles. The van der Waals surface area contributed by atoms with Crippen LogP contribution in [-0.4, -0.2) is 60.9 Å². The molecule has 9 nitrogen and oxygen atoms in total. The minimum Gasteiger partial charge on any atom is -0.453 e. The van der Waals surface area contributed by atoms with E-state index in [9.17, 15) is 18.0 Å². The summed E-state index contributed by atoms with van der Waals surface area (Å²) in [5.41, 5.74) is 1.29. The molecule has 1 heterocycles. The molecule has 0 spiro atoms. The highest BCUT2D eigenvalue weighted by molar-refractivity contribution is 7.89. The van der Waals surface area contributed by atoms with Gasteiger partial charge in [0.2, 0.25) is 10.0 Å². The molecule has 2 rings (SSSR count). The van der Waals surface area contributed by atoms with Crippen molar-refractivity contribution in [2.75, 3.05) is 20.6 Å². The SMILES string of the molecule is CC(C)CNC(=O)C(C)OC(=O)CCc1nc2cc(S(=O)(=O)N(C)C)ccc2n1C. The minimum absolute atomic E-state index is 0.0574. The predicted octanol–water partition coefficient (Wildman–Crippen LogP) is 1.46. The Morgan fingerprint density at radius 2 is 1.90 bits per heavy atom. The number of rotatable bonds is 9. The summed E-state index contributed by atoms with van der Waals surface area (Å²) in [5, 5.41) is 2.73. The van der Waals surface area contributed by atoms with E-state index in [1.807, 2.05) is 18.4 Å². The number of carbonyl (C=O) groups is 2. The van der Waals surface area contributed by atoms with E-state index in [0.29, 0.717) is 30.2 Å². The van der Waals surface area contributed by atoms with E-state index in [1.165, 1.54) is 33.2 Å². The summed E-state index contributed by atoms with van der Waals surface area (Å²) >= 11 is 0. The van der Waals surface area contributed by atoms with Gasteiger partial charge < -0.3 is 14.6 Å². The lowest BCUT2D eigenvalue weighted by Crippen LogP contribution is -2.37. The van der Waals surface area contributed by atoms with Gasteiger partial charge in [-0.25, -0.2) is 17.7 Å². The number of aromatic nitrogens is 2. The number of imidazole rings is 1. The fourth-order valence-electron chi connectivity index (χ4n) is 2.80. The molecule has 166 valence electrons. The molecule has 10 heteroatoms. The third-order valence-electron chi connectivity index (χ3n) is 4.64. The van der Waals surface area contributed by atoms with Crippen molar-refractivity contribution in [3.63, 3.8) is 0 Å². The van der Waals surface area contributed by atoms with Crippen LogP contribution in [0.2, 0.25) is 0 Å². The van der Waals surface area contributed by atoms with Gasteiger partial charge in [-0.2, -0.15) is 0 Å². The first-order valence-electron chi connectivity index (χ1n) is 9.78. The van der Waals surface area contributed by atoms with Gasteiger partial charge in [0, 0.05) is 34.1 Å². The van der Waals surface area contributed by atoms with Crippen LogP contribution in [0, 0.1) is 5.92 Å². The Hall–Kier alpha value is -2.46. The maximum absolute atomic E-state index is 12.3. The molecule has 1 N–H and O–H groups in total. The summed E-state index contributed by atoms with van der Waals surface area (Å²) in [7, 11) is 1.19. The molecule has 0 fully saturated rings. The van der Waals surface area contributed by atoms with E-state index in [2.05, 4.69) is 10.3 Å². The molecule has 1 amide bonds. The van der Waals surface area contributed by atoms with E-state index < -0.39 is 22.1 Å². The van der Waals surface area contributed by atoms with Gasteiger partial charge in [0.15, 0.2) is 6.10 Å². The van der Waals surface area contributed by atoms with Crippen molar-refractivity contribution in [1.29, 1.82) is 0 Å². The molecule has 0 saturated carbocycles. The third kappa shape index (κ3) is 5.57. The van der Waals surface area contributed by atoms with Crippen LogP contribution in [0.15, 0.2) is 23.1 Å². The van der Waals surface area contributed by atoms with Crippen LogP contribution >= 0.6 is 0 Å². The fourth-order valence-corrected chi connectivity index (χ4v) is 3.72. The molecule has 2 aromatic rings. The molecule has 0 bridgehead atoms.